The fourth-order valence-electron chi connectivity index (χ4n) is 0.714. The second-order valence-electron chi connectivity index (χ2n) is 2.48. The van der Waals surface area contributed by atoms with Crippen molar-refractivity contribution in [2.24, 2.45) is 0 Å². The molecule has 0 saturated heterocycles. The van der Waals surface area contributed by atoms with Gasteiger partial charge in [0.15, 0.2) is 5.60 Å². The van der Waals surface area contributed by atoms with Gasteiger partial charge in [-0.15, -0.1) is 0 Å². The molecule has 0 amide bonds. The zero-order valence-corrected chi connectivity index (χ0v) is 7.67. The maximum atomic E-state index is 10.3. The van der Waals surface area contributed by atoms with Crippen LogP contribution in [0.15, 0.2) is 0 Å². The molecule has 0 aromatic heterocycles. The van der Waals surface area contributed by atoms with Crippen LogP contribution in [0.1, 0.15) is 12.8 Å². The molecule has 10 heteroatoms. The van der Waals surface area contributed by atoms with Crippen molar-refractivity contribution in [3.05, 3.63) is 0 Å². The zero-order valence-electron chi connectivity index (χ0n) is 6.73. The van der Waals surface area contributed by atoms with E-state index in [-0.39, 0.29) is 54.8 Å². The number of hydrogen-bond donors (Lipinski definition) is 4. The molecule has 16 heavy (non-hydrogen) atoms. The molecule has 0 aliphatic heterocycles. The maximum absolute atomic E-state index is 10.3. The quantitative estimate of drug-likeness (QED) is 0.405. The fraction of sp³-hybridized carbons (Fsp3) is 0.500. The summed E-state index contributed by atoms with van der Waals surface area (Å²) in [7, 11) is 0. The number of aliphatic hydroxyl groups is 1. The Balaban J connectivity index is -0.000000240. The number of carboxylic acid groups (broad SMARTS) is 3. The SMILES string of the molecule is O=C(O)CC(O)(CC(=O)O)C(=O)O.[Cu].[LiH].[LiH]. The van der Waals surface area contributed by atoms with Crippen LogP contribution in [0, 0.1) is 0 Å². The molecular formula is C6H10CuLi2O7. The van der Waals surface area contributed by atoms with Gasteiger partial charge in [0.25, 0.3) is 0 Å². The molecular weight excluding hydrogens is 261 g/mol. The van der Waals surface area contributed by atoms with E-state index in [1.54, 1.807) is 0 Å². The van der Waals surface area contributed by atoms with Gasteiger partial charge in [-0.1, -0.05) is 0 Å². The van der Waals surface area contributed by atoms with Crippen molar-refractivity contribution in [3.8, 4) is 0 Å². The van der Waals surface area contributed by atoms with E-state index in [2.05, 4.69) is 0 Å². The predicted molar refractivity (Wildman–Crippen MR) is 51.4 cm³/mol. The zero-order chi connectivity index (χ0) is 10.6. The van der Waals surface area contributed by atoms with Crippen molar-refractivity contribution in [1.82, 2.24) is 0 Å². The number of rotatable bonds is 5. The molecule has 1 radical (unpaired) electrons. The van der Waals surface area contributed by atoms with E-state index >= 15 is 0 Å². The van der Waals surface area contributed by atoms with Crippen molar-refractivity contribution in [2.75, 3.05) is 0 Å². The molecule has 0 aliphatic carbocycles. The van der Waals surface area contributed by atoms with Crippen LogP contribution < -0.4 is 0 Å². The predicted octanol–water partition coefficient (Wildman–Crippen LogP) is -2.55. The van der Waals surface area contributed by atoms with Gasteiger partial charge in [0, 0.05) is 17.1 Å². The average Bonchev–Trinajstić information content (AvgIpc) is 1.82. The van der Waals surface area contributed by atoms with Gasteiger partial charge in [-0.25, -0.2) is 4.79 Å². The molecule has 0 rings (SSSR count). The Morgan fingerprint density at radius 3 is 1.25 bits per heavy atom. The Hall–Kier alpha value is 0.0843. The second-order valence-corrected chi connectivity index (χ2v) is 2.48. The first-order chi connectivity index (χ1) is 5.78. The molecule has 7 nitrogen and oxygen atoms in total. The molecule has 0 bridgehead atoms. The van der Waals surface area contributed by atoms with Gasteiger partial charge >= 0.3 is 55.6 Å². The molecule has 0 aromatic carbocycles. The van der Waals surface area contributed by atoms with Crippen LogP contribution in [0.3, 0.4) is 0 Å². The molecule has 89 valence electrons. The van der Waals surface area contributed by atoms with Crippen LogP contribution in [0.5, 0.6) is 0 Å². The van der Waals surface area contributed by atoms with Crippen molar-refractivity contribution in [2.45, 2.75) is 18.4 Å². The van der Waals surface area contributed by atoms with Crippen LogP contribution in [0.4, 0.5) is 0 Å². The van der Waals surface area contributed by atoms with E-state index in [0.717, 1.165) is 0 Å². The summed E-state index contributed by atoms with van der Waals surface area (Å²) in [6, 6.07) is 0. The second kappa shape index (κ2) is 10.3. The van der Waals surface area contributed by atoms with Gasteiger partial charge < -0.3 is 20.4 Å². The van der Waals surface area contributed by atoms with Gasteiger partial charge in [-0.05, 0) is 0 Å². The molecule has 0 aliphatic rings. The molecule has 0 aromatic rings. The third-order valence-corrected chi connectivity index (χ3v) is 1.29. The summed E-state index contributed by atoms with van der Waals surface area (Å²) >= 11 is 0. The first-order valence-electron chi connectivity index (χ1n) is 3.17. The Kier molecular flexibility index (Phi) is 16.1. The number of aliphatic carboxylic acids is 3. The number of carbonyl (C=O) groups is 3. The van der Waals surface area contributed by atoms with E-state index in [1.807, 2.05) is 0 Å². The summed E-state index contributed by atoms with van der Waals surface area (Å²) in [5.41, 5.74) is -2.74. The summed E-state index contributed by atoms with van der Waals surface area (Å²) in [5, 5.41) is 33.8. The van der Waals surface area contributed by atoms with Crippen LogP contribution in [0.2, 0.25) is 0 Å². The van der Waals surface area contributed by atoms with E-state index in [4.69, 9.17) is 20.4 Å². The van der Waals surface area contributed by atoms with Crippen LogP contribution in [-0.4, -0.2) is 81.7 Å². The molecule has 4 N–H and O–H groups in total. The monoisotopic (exact) mass is 271 g/mol. The van der Waals surface area contributed by atoms with Crippen molar-refractivity contribution in [3.63, 3.8) is 0 Å². The summed E-state index contributed by atoms with van der Waals surface area (Å²) in [5.74, 6) is -5.02. The van der Waals surface area contributed by atoms with Gasteiger partial charge in [-0.3, -0.25) is 9.59 Å². The molecule has 0 saturated carbocycles. The van der Waals surface area contributed by atoms with E-state index in [0.29, 0.717) is 0 Å². The van der Waals surface area contributed by atoms with Crippen LogP contribution in [-0.2, 0) is 31.5 Å². The van der Waals surface area contributed by atoms with Crippen molar-refractivity contribution < 1.29 is 51.9 Å². The Morgan fingerprint density at radius 2 is 1.12 bits per heavy atom. The van der Waals surface area contributed by atoms with Gasteiger partial charge in [-0.2, -0.15) is 0 Å². The minimum atomic E-state index is -2.74. The van der Waals surface area contributed by atoms with Crippen LogP contribution in [0.25, 0.3) is 0 Å². The van der Waals surface area contributed by atoms with Crippen LogP contribution >= 0.6 is 0 Å². The Bertz CT molecular complexity index is 241. The number of hydrogen-bond acceptors (Lipinski definition) is 4. The van der Waals surface area contributed by atoms with Gasteiger partial charge in [0.2, 0.25) is 0 Å². The molecule has 0 atom stereocenters. The third kappa shape index (κ3) is 9.32. The van der Waals surface area contributed by atoms with E-state index < -0.39 is 36.4 Å². The van der Waals surface area contributed by atoms with E-state index in [9.17, 15) is 14.4 Å². The standard InChI is InChI=1S/C6H8O7.Cu.2Li.2H/c7-3(8)1-6(13,5(11)12)2-4(9)10;;;;;/h13H,1-2H2,(H,7,8)(H,9,10)(H,11,12);;;;;. The number of carboxylic acids is 3. The van der Waals surface area contributed by atoms with Gasteiger partial charge in [0.1, 0.15) is 0 Å². The fourth-order valence-corrected chi connectivity index (χ4v) is 0.714. The summed E-state index contributed by atoms with van der Waals surface area (Å²) in [4.78, 5) is 30.5. The minimum absolute atomic E-state index is 0. The summed E-state index contributed by atoms with van der Waals surface area (Å²) in [6.45, 7) is 0. The normalized spacial score (nSPS) is 8.81. The van der Waals surface area contributed by atoms with E-state index in [1.165, 1.54) is 0 Å². The molecule has 0 spiro atoms. The molecule has 0 unspecified atom stereocenters. The summed E-state index contributed by atoms with van der Waals surface area (Å²) in [6.07, 6.45) is -2.29. The average molecular weight is 272 g/mol. The first-order valence-corrected chi connectivity index (χ1v) is 3.17. The third-order valence-electron chi connectivity index (χ3n) is 1.29. The molecule has 0 fully saturated rings. The molecule has 0 heterocycles. The first kappa shape index (κ1) is 25.1. The van der Waals surface area contributed by atoms with Gasteiger partial charge in [0.05, 0.1) is 12.8 Å². The summed E-state index contributed by atoms with van der Waals surface area (Å²) < 4.78 is 0. The van der Waals surface area contributed by atoms with Crippen molar-refractivity contribution in [1.29, 1.82) is 0 Å². The topological polar surface area (TPSA) is 132 Å². The Morgan fingerprint density at radius 1 is 0.875 bits per heavy atom. The van der Waals surface area contributed by atoms with Crippen molar-refractivity contribution >= 4 is 55.6 Å². The Labute approximate surface area is 125 Å².